The second-order valence-electron chi connectivity index (χ2n) is 5.67. The van der Waals surface area contributed by atoms with Gasteiger partial charge in [0.15, 0.2) is 0 Å². The number of hydrogen-bond acceptors (Lipinski definition) is 5. The molecule has 1 aromatic heterocycles. The fourth-order valence-electron chi connectivity index (χ4n) is 2.56. The third-order valence-electron chi connectivity index (χ3n) is 4.00. The van der Waals surface area contributed by atoms with E-state index in [9.17, 15) is 10.1 Å². The highest BCUT2D eigenvalue weighted by molar-refractivity contribution is 8.00. The number of hydrogen-bond donors (Lipinski definition) is 1. The van der Waals surface area contributed by atoms with Gasteiger partial charge < -0.3 is 5.32 Å². The Hall–Kier alpha value is -1.24. The predicted molar refractivity (Wildman–Crippen MR) is 82.6 cm³/mol. The van der Waals surface area contributed by atoms with Gasteiger partial charge in [0.05, 0.1) is 4.92 Å². The number of nitrogens with one attached hydrogen (secondary N) is 1. The van der Waals surface area contributed by atoms with Gasteiger partial charge in [-0.2, -0.15) is 16.9 Å². The van der Waals surface area contributed by atoms with Gasteiger partial charge in [-0.15, -0.1) is 0 Å². The number of anilines is 1. The van der Waals surface area contributed by atoms with E-state index in [-0.39, 0.29) is 21.4 Å². The van der Waals surface area contributed by atoms with Crippen LogP contribution in [0.25, 0.3) is 0 Å². The molecule has 0 aliphatic heterocycles. The molecule has 1 saturated carbocycles. The minimum absolute atomic E-state index is 0.0940. The van der Waals surface area contributed by atoms with Crippen molar-refractivity contribution < 1.29 is 4.92 Å². The molecule has 1 aromatic rings. The van der Waals surface area contributed by atoms with Crippen molar-refractivity contribution in [2.45, 2.75) is 50.8 Å². The molecule has 1 aliphatic carbocycles. The maximum Gasteiger partial charge on any atom is 0.333 e. The maximum absolute atomic E-state index is 11.3. The molecule has 1 heterocycles. The predicted octanol–water partition coefficient (Wildman–Crippen LogP) is 3.38. The first kappa shape index (κ1) is 15.2. The Balaban J connectivity index is 2.26. The molecule has 0 spiro atoms. The van der Waals surface area contributed by atoms with Crippen LogP contribution in [0, 0.1) is 17.0 Å². The van der Waals surface area contributed by atoms with Gasteiger partial charge >= 0.3 is 5.69 Å². The van der Waals surface area contributed by atoms with E-state index in [1.54, 1.807) is 11.6 Å². The standard InChI is InChI=1S/C13H22N4O2S/c1-9(2)16-12(11(17(18)19)10(3)15-16)14-8-13(20-4)6-5-7-13/h9,14H,5-8H2,1-4H3. The van der Waals surface area contributed by atoms with Gasteiger partial charge in [-0.1, -0.05) is 6.42 Å². The van der Waals surface area contributed by atoms with E-state index in [1.807, 2.05) is 25.6 Å². The molecule has 0 radical (unpaired) electrons. The van der Waals surface area contributed by atoms with Crippen molar-refractivity contribution in [3.63, 3.8) is 0 Å². The smallest absolute Gasteiger partial charge is 0.333 e. The van der Waals surface area contributed by atoms with Crippen LogP contribution in [0.4, 0.5) is 11.5 Å². The van der Waals surface area contributed by atoms with Crippen LogP contribution in [0.5, 0.6) is 0 Å². The number of nitrogens with zero attached hydrogens (tertiary/aromatic N) is 3. The van der Waals surface area contributed by atoms with Crippen LogP contribution < -0.4 is 5.32 Å². The number of rotatable bonds is 6. The number of aromatic nitrogens is 2. The molecule has 0 saturated heterocycles. The van der Waals surface area contributed by atoms with Crippen LogP contribution in [0.2, 0.25) is 0 Å². The molecule has 6 nitrogen and oxygen atoms in total. The van der Waals surface area contributed by atoms with Crippen molar-refractivity contribution in [2.24, 2.45) is 0 Å². The minimum atomic E-state index is -0.337. The zero-order valence-corrected chi connectivity index (χ0v) is 13.3. The summed E-state index contributed by atoms with van der Waals surface area (Å²) >= 11 is 1.85. The van der Waals surface area contributed by atoms with Crippen LogP contribution in [-0.4, -0.2) is 32.3 Å². The minimum Gasteiger partial charge on any atom is -0.363 e. The van der Waals surface area contributed by atoms with Crippen molar-refractivity contribution in [1.29, 1.82) is 0 Å². The van der Waals surface area contributed by atoms with E-state index < -0.39 is 0 Å². The quantitative estimate of drug-likeness (QED) is 0.644. The molecule has 7 heteroatoms. The lowest BCUT2D eigenvalue weighted by atomic mass is 9.84. The molecular weight excluding hydrogens is 276 g/mol. The third kappa shape index (κ3) is 2.63. The molecule has 0 atom stereocenters. The van der Waals surface area contributed by atoms with Crippen LogP contribution in [0.3, 0.4) is 0 Å². The first-order valence-corrected chi connectivity index (χ1v) is 8.15. The summed E-state index contributed by atoms with van der Waals surface area (Å²) in [4.78, 5) is 10.9. The van der Waals surface area contributed by atoms with Gasteiger partial charge in [0.1, 0.15) is 5.69 Å². The molecule has 0 amide bonds. The van der Waals surface area contributed by atoms with Crippen LogP contribution in [0.1, 0.15) is 44.8 Å². The van der Waals surface area contributed by atoms with Crippen molar-refractivity contribution >= 4 is 23.3 Å². The second kappa shape index (κ2) is 5.63. The summed E-state index contributed by atoms with van der Waals surface area (Å²) in [6, 6.07) is 0.0940. The second-order valence-corrected chi connectivity index (χ2v) is 6.95. The van der Waals surface area contributed by atoms with Crippen LogP contribution >= 0.6 is 11.8 Å². The van der Waals surface area contributed by atoms with Crippen molar-refractivity contribution in [3.05, 3.63) is 15.8 Å². The van der Waals surface area contributed by atoms with E-state index in [0.717, 1.165) is 6.54 Å². The Morgan fingerprint density at radius 1 is 1.55 bits per heavy atom. The highest BCUT2D eigenvalue weighted by atomic mass is 32.2. The Kier molecular flexibility index (Phi) is 4.27. The zero-order chi connectivity index (χ0) is 14.9. The Labute approximate surface area is 123 Å². The molecule has 2 rings (SSSR count). The fraction of sp³-hybridized carbons (Fsp3) is 0.769. The lowest BCUT2D eigenvalue weighted by Gasteiger charge is -2.40. The van der Waals surface area contributed by atoms with E-state index in [4.69, 9.17) is 0 Å². The molecule has 0 unspecified atom stereocenters. The summed E-state index contributed by atoms with van der Waals surface area (Å²) < 4.78 is 1.95. The summed E-state index contributed by atoms with van der Waals surface area (Å²) in [6.07, 6.45) is 5.70. The van der Waals surface area contributed by atoms with Gasteiger partial charge in [0.25, 0.3) is 0 Å². The molecule has 1 N–H and O–H groups in total. The normalized spacial score (nSPS) is 17.1. The van der Waals surface area contributed by atoms with Crippen molar-refractivity contribution in [2.75, 3.05) is 18.1 Å². The number of nitro groups is 1. The molecule has 0 aromatic carbocycles. The van der Waals surface area contributed by atoms with E-state index >= 15 is 0 Å². The summed E-state index contributed by atoms with van der Waals surface area (Å²) in [5.74, 6) is 0.544. The van der Waals surface area contributed by atoms with Crippen LogP contribution in [0.15, 0.2) is 0 Å². The van der Waals surface area contributed by atoms with Crippen LogP contribution in [-0.2, 0) is 0 Å². The van der Waals surface area contributed by atoms with Gasteiger partial charge in [0, 0.05) is 17.3 Å². The molecule has 20 heavy (non-hydrogen) atoms. The summed E-state index contributed by atoms with van der Waals surface area (Å²) in [7, 11) is 0. The largest absolute Gasteiger partial charge is 0.363 e. The number of aryl methyl sites for hydroxylation is 1. The molecule has 0 bridgehead atoms. The summed E-state index contributed by atoms with van der Waals surface area (Å²) in [5, 5.41) is 18.9. The molecule has 1 fully saturated rings. The highest BCUT2D eigenvalue weighted by Crippen LogP contribution is 2.43. The van der Waals surface area contributed by atoms with Gasteiger partial charge in [-0.05, 0) is 39.9 Å². The topological polar surface area (TPSA) is 73.0 Å². The average molecular weight is 298 g/mol. The lowest BCUT2D eigenvalue weighted by molar-refractivity contribution is -0.384. The van der Waals surface area contributed by atoms with Gasteiger partial charge in [-0.3, -0.25) is 10.1 Å². The summed E-state index contributed by atoms with van der Waals surface area (Å²) in [6.45, 7) is 6.41. The van der Waals surface area contributed by atoms with Gasteiger partial charge in [-0.25, -0.2) is 4.68 Å². The van der Waals surface area contributed by atoms with E-state index in [1.165, 1.54) is 19.3 Å². The SMILES string of the molecule is CSC1(CNc2c([N+](=O)[O-])c(C)nn2C(C)C)CCC1. The number of thioether (sulfide) groups is 1. The van der Waals surface area contributed by atoms with E-state index in [0.29, 0.717) is 11.5 Å². The lowest BCUT2D eigenvalue weighted by Crippen LogP contribution is -2.40. The molecule has 1 aliphatic rings. The fourth-order valence-corrected chi connectivity index (χ4v) is 3.48. The van der Waals surface area contributed by atoms with Gasteiger partial charge in [0.2, 0.25) is 5.82 Å². The summed E-state index contributed by atoms with van der Waals surface area (Å²) in [5.41, 5.74) is 0.576. The zero-order valence-electron chi connectivity index (χ0n) is 12.5. The molecular formula is C13H22N4O2S. The molecule has 112 valence electrons. The Morgan fingerprint density at radius 3 is 2.60 bits per heavy atom. The Morgan fingerprint density at radius 2 is 2.20 bits per heavy atom. The third-order valence-corrected chi connectivity index (χ3v) is 5.42. The first-order chi connectivity index (χ1) is 9.40. The van der Waals surface area contributed by atoms with Crippen molar-refractivity contribution in [1.82, 2.24) is 9.78 Å². The average Bonchev–Trinajstić information content (AvgIpc) is 2.65. The monoisotopic (exact) mass is 298 g/mol. The Bertz CT molecular complexity index is 503. The van der Waals surface area contributed by atoms with E-state index in [2.05, 4.69) is 16.7 Å². The first-order valence-electron chi connectivity index (χ1n) is 6.93. The highest BCUT2D eigenvalue weighted by Gasteiger charge is 2.37. The van der Waals surface area contributed by atoms with Crippen molar-refractivity contribution in [3.8, 4) is 0 Å². The maximum atomic E-state index is 11.3.